The van der Waals surface area contributed by atoms with Gasteiger partial charge in [0.15, 0.2) is 0 Å². The molecule has 0 bridgehead atoms. The van der Waals surface area contributed by atoms with E-state index in [-0.39, 0.29) is 6.67 Å². The van der Waals surface area contributed by atoms with Crippen LogP contribution in [0.3, 0.4) is 0 Å². The first-order valence-electron chi connectivity index (χ1n) is 1.92. The van der Waals surface area contributed by atoms with Crippen molar-refractivity contribution in [2.24, 2.45) is 0 Å². The van der Waals surface area contributed by atoms with Crippen LogP contribution in [0.2, 0.25) is 0 Å². The monoisotopic (exact) mass is 97.1 g/mol. The molecule has 0 amide bonds. The molecule has 0 spiro atoms. The molecule has 37 valence electrons. The van der Waals surface area contributed by atoms with E-state index < -0.39 is 0 Å². The smallest absolute Gasteiger partial charge is 0.123 e. The standard InChI is InChI=1S/C3H5N4/c4-3-7-5-1-2-6-7/h1-2,4H,3H2. The molecular formula is C3H5N4. The molecule has 0 aliphatic carbocycles. The van der Waals surface area contributed by atoms with Crippen LogP contribution < -0.4 is 5.73 Å². The van der Waals surface area contributed by atoms with Crippen molar-refractivity contribution in [3.63, 3.8) is 0 Å². The third kappa shape index (κ3) is 0.747. The minimum atomic E-state index is 0.104. The predicted molar refractivity (Wildman–Crippen MR) is 23.1 cm³/mol. The highest BCUT2D eigenvalue weighted by molar-refractivity contribution is 4.58. The molecule has 4 nitrogen and oxygen atoms in total. The van der Waals surface area contributed by atoms with Crippen LogP contribution in [-0.4, -0.2) is 15.0 Å². The summed E-state index contributed by atoms with van der Waals surface area (Å²) in [6.07, 6.45) is 3.10. The highest BCUT2D eigenvalue weighted by Crippen LogP contribution is 1.69. The Morgan fingerprint density at radius 2 is 2.00 bits per heavy atom. The van der Waals surface area contributed by atoms with Gasteiger partial charge in [-0.3, -0.25) is 0 Å². The average Bonchev–Trinajstić information content (AvgIpc) is 2.14. The highest BCUT2D eigenvalue weighted by atomic mass is 15.5. The lowest BCUT2D eigenvalue weighted by atomic mass is 11.0. The lowest BCUT2D eigenvalue weighted by Crippen LogP contribution is -2.01. The van der Waals surface area contributed by atoms with E-state index >= 15 is 0 Å². The van der Waals surface area contributed by atoms with Gasteiger partial charge in [-0.25, -0.2) is 5.73 Å². The van der Waals surface area contributed by atoms with Gasteiger partial charge < -0.3 is 0 Å². The molecule has 1 heterocycles. The molecule has 0 saturated carbocycles. The molecule has 0 atom stereocenters. The molecular weight excluding hydrogens is 92.1 g/mol. The molecule has 0 aliphatic heterocycles. The van der Waals surface area contributed by atoms with Crippen LogP contribution in [-0.2, 0) is 6.67 Å². The molecule has 1 aromatic rings. The first-order valence-corrected chi connectivity index (χ1v) is 1.92. The SMILES string of the molecule is [NH]Cn1nccn1. The van der Waals surface area contributed by atoms with Gasteiger partial charge in [0.05, 0.1) is 12.4 Å². The van der Waals surface area contributed by atoms with Gasteiger partial charge in [-0.15, -0.1) is 0 Å². The summed E-state index contributed by atoms with van der Waals surface area (Å²) in [5, 5.41) is 7.31. The summed E-state index contributed by atoms with van der Waals surface area (Å²) in [5.74, 6) is 0. The number of rotatable bonds is 1. The molecule has 7 heavy (non-hydrogen) atoms. The summed E-state index contributed by atoms with van der Waals surface area (Å²) in [7, 11) is 0. The van der Waals surface area contributed by atoms with E-state index in [1.54, 1.807) is 12.4 Å². The lowest BCUT2D eigenvalue weighted by molar-refractivity contribution is 0.542. The number of hydrogen-bond acceptors (Lipinski definition) is 2. The lowest BCUT2D eigenvalue weighted by Gasteiger charge is -1.84. The van der Waals surface area contributed by atoms with E-state index in [1.807, 2.05) is 0 Å². The van der Waals surface area contributed by atoms with E-state index in [0.29, 0.717) is 0 Å². The van der Waals surface area contributed by atoms with Crippen LogP contribution in [0.5, 0.6) is 0 Å². The van der Waals surface area contributed by atoms with Crippen LogP contribution in [0.25, 0.3) is 0 Å². The molecule has 0 aliphatic rings. The third-order valence-corrected chi connectivity index (χ3v) is 0.608. The summed E-state index contributed by atoms with van der Waals surface area (Å²) in [6, 6.07) is 0. The highest BCUT2D eigenvalue weighted by Gasteiger charge is 1.79. The van der Waals surface area contributed by atoms with Crippen molar-refractivity contribution >= 4 is 0 Å². The zero-order valence-corrected chi connectivity index (χ0v) is 3.70. The summed E-state index contributed by atoms with van der Waals surface area (Å²) in [4.78, 5) is 1.29. The van der Waals surface area contributed by atoms with Crippen LogP contribution in [0.4, 0.5) is 0 Å². The average molecular weight is 97.1 g/mol. The van der Waals surface area contributed by atoms with Crippen LogP contribution >= 0.6 is 0 Å². The number of nitrogens with one attached hydrogen (secondary N) is 1. The van der Waals surface area contributed by atoms with Crippen molar-refractivity contribution < 1.29 is 0 Å². The van der Waals surface area contributed by atoms with Gasteiger partial charge in [0.1, 0.15) is 6.67 Å². The molecule has 0 fully saturated rings. The van der Waals surface area contributed by atoms with Gasteiger partial charge in [-0.1, -0.05) is 0 Å². The van der Waals surface area contributed by atoms with Gasteiger partial charge in [0.25, 0.3) is 0 Å². The third-order valence-electron chi connectivity index (χ3n) is 0.608. The Morgan fingerprint density at radius 3 is 2.29 bits per heavy atom. The molecule has 1 N–H and O–H groups in total. The predicted octanol–water partition coefficient (Wildman–Crippen LogP) is -0.482. The summed E-state index contributed by atoms with van der Waals surface area (Å²) in [5.41, 5.74) is 6.70. The van der Waals surface area contributed by atoms with E-state index in [1.165, 1.54) is 4.80 Å². The summed E-state index contributed by atoms with van der Waals surface area (Å²) in [6.45, 7) is 0.104. The first kappa shape index (κ1) is 4.26. The van der Waals surface area contributed by atoms with Crippen molar-refractivity contribution in [1.82, 2.24) is 20.7 Å². The van der Waals surface area contributed by atoms with Gasteiger partial charge in [0, 0.05) is 0 Å². The number of aromatic nitrogens is 3. The van der Waals surface area contributed by atoms with Gasteiger partial charge in [0.2, 0.25) is 0 Å². The second-order valence-corrected chi connectivity index (χ2v) is 1.06. The molecule has 0 saturated heterocycles. The van der Waals surface area contributed by atoms with Gasteiger partial charge in [-0.2, -0.15) is 15.0 Å². The minimum Gasteiger partial charge on any atom is -0.233 e. The van der Waals surface area contributed by atoms with Crippen molar-refractivity contribution in [2.45, 2.75) is 6.67 Å². The normalized spacial score (nSPS) is 9.29. The van der Waals surface area contributed by atoms with Crippen molar-refractivity contribution in [3.8, 4) is 0 Å². The molecule has 1 rings (SSSR count). The topological polar surface area (TPSA) is 54.5 Å². The molecule has 1 aromatic heterocycles. The first-order chi connectivity index (χ1) is 3.43. The zero-order valence-electron chi connectivity index (χ0n) is 3.70. The number of nitrogens with zero attached hydrogens (tertiary/aromatic N) is 3. The van der Waals surface area contributed by atoms with Crippen molar-refractivity contribution in [2.75, 3.05) is 0 Å². The number of hydrogen-bond donors (Lipinski definition) is 0. The van der Waals surface area contributed by atoms with Crippen molar-refractivity contribution in [1.29, 1.82) is 0 Å². The quantitative estimate of drug-likeness (QED) is 0.475. The van der Waals surface area contributed by atoms with Crippen LogP contribution in [0.15, 0.2) is 12.4 Å². The fraction of sp³-hybridized carbons (Fsp3) is 0.333. The van der Waals surface area contributed by atoms with Crippen LogP contribution in [0.1, 0.15) is 0 Å². The molecule has 0 unspecified atom stereocenters. The Bertz CT molecular complexity index is 121. The van der Waals surface area contributed by atoms with Crippen LogP contribution in [0, 0.1) is 0 Å². The fourth-order valence-electron chi connectivity index (χ4n) is 0.325. The largest absolute Gasteiger partial charge is 0.233 e. The van der Waals surface area contributed by atoms with Gasteiger partial charge in [-0.05, 0) is 0 Å². The Labute approximate surface area is 40.9 Å². The summed E-state index contributed by atoms with van der Waals surface area (Å²) >= 11 is 0. The molecule has 4 heteroatoms. The molecule has 0 aromatic carbocycles. The second-order valence-electron chi connectivity index (χ2n) is 1.06. The fourth-order valence-corrected chi connectivity index (χ4v) is 0.325. The zero-order chi connectivity index (χ0) is 5.11. The maximum absolute atomic E-state index is 6.70. The Balaban J connectivity index is 2.76. The van der Waals surface area contributed by atoms with Gasteiger partial charge >= 0.3 is 0 Å². The molecule has 1 radical (unpaired) electrons. The van der Waals surface area contributed by atoms with E-state index in [0.717, 1.165) is 0 Å². The van der Waals surface area contributed by atoms with E-state index in [4.69, 9.17) is 5.73 Å². The minimum absolute atomic E-state index is 0.104. The second kappa shape index (κ2) is 1.70. The Hall–Kier alpha value is -0.900. The Kier molecular flexibility index (Phi) is 1.04. The van der Waals surface area contributed by atoms with E-state index in [9.17, 15) is 0 Å². The maximum atomic E-state index is 6.70. The van der Waals surface area contributed by atoms with E-state index in [2.05, 4.69) is 10.2 Å². The maximum Gasteiger partial charge on any atom is 0.123 e. The Morgan fingerprint density at radius 1 is 1.43 bits per heavy atom. The van der Waals surface area contributed by atoms with Crippen molar-refractivity contribution in [3.05, 3.63) is 12.4 Å². The summed E-state index contributed by atoms with van der Waals surface area (Å²) < 4.78 is 0.